The van der Waals surface area contributed by atoms with Gasteiger partial charge in [-0.1, -0.05) is 12.8 Å². The van der Waals surface area contributed by atoms with Crippen molar-refractivity contribution < 1.29 is 14.3 Å². The molecule has 4 heteroatoms. The van der Waals surface area contributed by atoms with Gasteiger partial charge in [-0.2, -0.15) is 0 Å². The summed E-state index contributed by atoms with van der Waals surface area (Å²) in [4.78, 5) is 20.5. The van der Waals surface area contributed by atoms with Gasteiger partial charge in [0.15, 0.2) is 0 Å². The van der Waals surface area contributed by atoms with Gasteiger partial charge in [0.25, 0.3) is 0 Å². The SMILES string of the molecule is COC(=O)CCCCCCNC=O. The van der Waals surface area contributed by atoms with Crippen LogP contribution in [0, 0.1) is 0 Å². The predicted molar refractivity (Wildman–Crippen MR) is 49.2 cm³/mol. The molecule has 76 valence electrons. The van der Waals surface area contributed by atoms with Crippen LogP contribution in [0.15, 0.2) is 0 Å². The number of ether oxygens (including phenoxy) is 1. The maximum Gasteiger partial charge on any atom is 0.305 e. The van der Waals surface area contributed by atoms with Crippen molar-refractivity contribution in [1.29, 1.82) is 0 Å². The van der Waals surface area contributed by atoms with E-state index in [-0.39, 0.29) is 5.97 Å². The fourth-order valence-corrected chi connectivity index (χ4v) is 1.01. The highest BCUT2D eigenvalue weighted by atomic mass is 16.5. The third kappa shape index (κ3) is 8.85. The van der Waals surface area contributed by atoms with Crippen LogP contribution in [0.1, 0.15) is 32.1 Å². The van der Waals surface area contributed by atoms with Gasteiger partial charge in [-0.3, -0.25) is 9.59 Å². The minimum absolute atomic E-state index is 0.147. The third-order valence-electron chi connectivity index (χ3n) is 1.76. The van der Waals surface area contributed by atoms with Crippen molar-refractivity contribution in [3.63, 3.8) is 0 Å². The van der Waals surface area contributed by atoms with Crippen molar-refractivity contribution in [2.24, 2.45) is 0 Å². The highest BCUT2D eigenvalue weighted by molar-refractivity contribution is 5.68. The molecule has 0 atom stereocenters. The number of esters is 1. The van der Waals surface area contributed by atoms with Crippen LogP contribution in [0.4, 0.5) is 0 Å². The fraction of sp³-hybridized carbons (Fsp3) is 0.778. The van der Waals surface area contributed by atoms with Crippen LogP contribution >= 0.6 is 0 Å². The molecule has 13 heavy (non-hydrogen) atoms. The van der Waals surface area contributed by atoms with E-state index < -0.39 is 0 Å². The van der Waals surface area contributed by atoms with Crippen LogP contribution in [-0.2, 0) is 14.3 Å². The number of hydrogen-bond acceptors (Lipinski definition) is 3. The smallest absolute Gasteiger partial charge is 0.305 e. The zero-order valence-electron chi connectivity index (χ0n) is 8.04. The average Bonchev–Trinajstić information content (AvgIpc) is 2.16. The summed E-state index contributed by atoms with van der Waals surface area (Å²) in [7, 11) is 1.40. The van der Waals surface area contributed by atoms with Crippen molar-refractivity contribution >= 4 is 12.4 Å². The van der Waals surface area contributed by atoms with E-state index in [0.717, 1.165) is 32.2 Å². The first-order chi connectivity index (χ1) is 6.31. The molecular formula is C9H17NO3. The average molecular weight is 187 g/mol. The van der Waals surface area contributed by atoms with E-state index in [0.29, 0.717) is 12.8 Å². The Hall–Kier alpha value is -1.06. The lowest BCUT2D eigenvalue weighted by atomic mass is 10.1. The maximum absolute atomic E-state index is 10.7. The molecule has 0 heterocycles. The molecule has 0 aromatic carbocycles. The zero-order valence-corrected chi connectivity index (χ0v) is 8.04. The second-order valence-electron chi connectivity index (χ2n) is 2.81. The number of nitrogens with one attached hydrogen (secondary N) is 1. The van der Waals surface area contributed by atoms with Crippen molar-refractivity contribution in [2.75, 3.05) is 13.7 Å². The molecule has 0 unspecified atom stereocenters. The van der Waals surface area contributed by atoms with Crippen molar-refractivity contribution in [2.45, 2.75) is 32.1 Å². The van der Waals surface area contributed by atoms with E-state index in [1.54, 1.807) is 0 Å². The molecule has 0 rings (SSSR count). The normalized spacial score (nSPS) is 9.31. The monoisotopic (exact) mass is 187 g/mol. The largest absolute Gasteiger partial charge is 0.469 e. The minimum atomic E-state index is -0.147. The van der Waals surface area contributed by atoms with E-state index in [1.165, 1.54) is 7.11 Å². The van der Waals surface area contributed by atoms with Crippen LogP contribution in [0.25, 0.3) is 0 Å². The molecule has 0 fully saturated rings. The summed E-state index contributed by atoms with van der Waals surface area (Å²) in [5.74, 6) is -0.147. The molecule has 1 amide bonds. The number of rotatable bonds is 8. The van der Waals surface area contributed by atoms with Crippen LogP contribution < -0.4 is 5.32 Å². The fourth-order valence-electron chi connectivity index (χ4n) is 1.01. The Morgan fingerprint density at radius 2 is 2.00 bits per heavy atom. The van der Waals surface area contributed by atoms with E-state index in [9.17, 15) is 9.59 Å². The summed E-state index contributed by atoms with van der Waals surface area (Å²) in [6.07, 6.45) is 5.09. The summed E-state index contributed by atoms with van der Waals surface area (Å²) in [5, 5.41) is 2.59. The van der Waals surface area contributed by atoms with E-state index >= 15 is 0 Å². The van der Waals surface area contributed by atoms with Crippen molar-refractivity contribution in [3.05, 3.63) is 0 Å². The highest BCUT2D eigenvalue weighted by Gasteiger charge is 1.98. The molecular weight excluding hydrogens is 170 g/mol. The molecule has 0 aromatic rings. The first-order valence-electron chi connectivity index (χ1n) is 4.55. The van der Waals surface area contributed by atoms with Crippen LogP contribution in [-0.4, -0.2) is 26.0 Å². The first kappa shape index (κ1) is 11.9. The van der Waals surface area contributed by atoms with Gasteiger partial charge in [0.05, 0.1) is 7.11 Å². The molecule has 0 aliphatic carbocycles. The Labute approximate surface area is 78.6 Å². The van der Waals surface area contributed by atoms with Crippen LogP contribution in [0.5, 0.6) is 0 Å². The van der Waals surface area contributed by atoms with E-state index in [4.69, 9.17) is 0 Å². The zero-order chi connectivity index (χ0) is 9.94. The highest BCUT2D eigenvalue weighted by Crippen LogP contribution is 2.02. The number of unbranched alkanes of at least 4 members (excludes halogenated alkanes) is 3. The number of methoxy groups -OCH3 is 1. The quantitative estimate of drug-likeness (QED) is 0.348. The Bertz CT molecular complexity index is 148. The molecule has 0 spiro atoms. The summed E-state index contributed by atoms with van der Waals surface area (Å²) in [6, 6.07) is 0. The first-order valence-corrected chi connectivity index (χ1v) is 4.55. The van der Waals surface area contributed by atoms with E-state index in [1.807, 2.05) is 0 Å². The lowest BCUT2D eigenvalue weighted by Crippen LogP contribution is -2.11. The lowest BCUT2D eigenvalue weighted by molar-refractivity contribution is -0.140. The Kier molecular flexibility index (Phi) is 8.30. The summed E-state index contributed by atoms with van der Waals surface area (Å²) in [6.45, 7) is 0.724. The van der Waals surface area contributed by atoms with Gasteiger partial charge < -0.3 is 10.1 Å². The van der Waals surface area contributed by atoms with Crippen molar-refractivity contribution in [3.8, 4) is 0 Å². The van der Waals surface area contributed by atoms with Gasteiger partial charge in [0.1, 0.15) is 0 Å². The van der Waals surface area contributed by atoms with Crippen LogP contribution in [0.2, 0.25) is 0 Å². The number of amides is 1. The molecule has 0 aromatic heterocycles. The Morgan fingerprint density at radius 3 is 2.62 bits per heavy atom. The Balaban J connectivity index is 2.99. The van der Waals surface area contributed by atoms with Gasteiger partial charge in [0.2, 0.25) is 6.41 Å². The molecule has 0 aliphatic rings. The Morgan fingerprint density at radius 1 is 1.31 bits per heavy atom. The number of carbonyl (C=O) groups excluding carboxylic acids is 2. The van der Waals surface area contributed by atoms with Gasteiger partial charge >= 0.3 is 5.97 Å². The van der Waals surface area contributed by atoms with Crippen LogP contribution in [0.3, 0.4) is 0 Å². The molecule has 0 saturated carbocycles. The third-order valence-corrected chi connectivity index (χ3v) is 1.76. The second-order valence-corrected chi connectivity index (χ2v) is 2.81. The summed E-state index contributed by atoms with van der Waals surface area (Å²) >= 11 is 0. The van der Waals surface area contributed by atoms with Gasteiger partial charge in [-0.05, 0) is 12.8 Å². The predicted octanol–water partition coefficient (Wildman–Crippen LogP) is 0.856. The van der Waals surface area contributed by atoms with Gasteiger partial charge in [-0.25, -0.2) is 0 Å². The van der Waals surface area contributed by atoms with Crippen molar-refractivity contribution in [1.82, 2.24) is 5.32 Å². The van der Waals surface area contributed by atoms with Gasteiger partial charge in [0, 0.05) is 13.0 Å². The number of carbonyl (C=O) groups is 2. The maximum atomic E-state index is 10.7. The molecule has 4 nitrogen and oxygen atoms in total. The lowest BCUT2D eigenvalue weighted by Gasteiger charge is -2.00. The molecule has 0 radical (unpaired) electrons. The summed E-state index contributed by atoms with van der Waals surface area (Å²) < 4.78 is 4.50. The minimum Gasteiger partial charge on any atom is -0.469 e. The number of hydrogen-bond donors (Lipinski definition) is 1. The molecule has 0 saturated heterocycles. The van der Waals surface area contributed by atoms with Gasteiger partial charge in [-0.15, -0.1) is 0 Å². The topological polar surface area (TPSA) is 55.4 Å². The second kappa shape index (κ2) is 9.03. The standard InChI is InChI=1S/C9H17NO3/c1-13-9(12)6-4-2-3-5-7-10-8-11/h8H,2-7H2,1H3,(H,10,11). The summed E-state index contributed by atoms with van der Waals surface area (Å²) in [5.41, 5.74) is 0. The molecule has 0 aliphatic heterocycles. The van der Waals surface area contributed by atoms with E-state index in [2.05, 4.69) is 10.1 Å². The molecule has 0 bridgehead atoms. The molecule has 1 N–H and O–H groups in total.